The van der Waals surface area contributed by atoms with Crippen LogP contribution in [0.1, 0.15) is 25.3 Å². The summed E-state index contributed by atoms with van der Waals surface area (Å²) in [5.41, 5.74) is 7.36. The van der Waals surface area contributed by atoms with Gasteiger partial charge in [0, 0.05) is 30.6 Å². The van der Waals surface area contributed by atoms with Crippen molar-refractivity contribution in [1.82, 2.24) is 10.2 Å². The molecule has 1 aliphatic heterocycles. The lowest BCUT2D eigenvalue weighted by Crippen LogP contribution is -2.38. The molecule has 1 heterocycles. The average molecular weight is 332 g/mol. The van der Waals surface area contributed by atoms with Crippen molar-refractivity contribution in [1.29, 1.82) is 0 Å². The Kier molecular flexibility index (Phi) is 6.75. The van der Waals surface area contributed by atoms with Gasteiger partial charge < -0.3 is 16.4 Å². The number of hydrogen-bond donors (Lipinski definition) is 3. The van der Waals surface area contributed by atoms with E-state index in [-0.39, 0.29) is 23.7 Å². The first-order valence-electron chi connectivity index (χ1n) is 8.55. The van der Waals surface area contributed by atoms with Gasteiger partial charge in [-0.3, -0.25) is 14.5 Å². The van der Waals surface area contributed by atoms with E-state index in [2.05, 4.69) is 21.6 Å². The maximum Gasteiger partial charge on any atom is 0.228 e. The molecule has 1 fully saturated rings. The normalized spacial score (nSPS) is 17.4. The monoisotopic (exact) mass is 332 g/mol. The molecule has 1 atom stereocenters. The highest BCUT2D eigenvalue weighted by Gasteiger charge is 2.23. The molecule has 0 aliphatic carbocycles. The number of amides is 2. The molecule has 1 saturated heterocycles. The van der Waals surface area contributed by atoms with E-state index >= 15 is 0 Å². The second-order valence-electron chi connectivity index (χ2n) is 6.60. The molecule has 132 valence electrons. The number of nitrogens with two attached hydrogens (primary N) is 1. The summed E-state index contributed by atoms with van der Waals surface area (Å²) in [5, 5.41) is 5.98. The summed E-state index contributed by atoms with van der Waals surface area (Å²) in [6, 6.07) is 7.95. The van der Waals surface area contributed by atoms with Crippen LogP contribution in [0.4, 0.5) is 5.69 Å². The van der Waals surface area contributed by atoms with Crippen LogP contribution in [0.15, 0.2) is 24.3 Å². The SMILES string of the molecule is CNCC(C)C(=O)Nc1cccc(CN2CCC(C(N)=O)CC2)c1. The van der Waals surface area contributed by atoms with Gasteiger partial charge in [0.15, 0.2) is 0 Å². The lowest BCUT2D eigenvalue weighted by molar-refractivity contribution is -0.123. The maximum atomic E-state index is 12.1. The van der Waals surface area contributed by atoms with E-state index in [0.29, 0.717) is 6.54 Å². The molecule has 2 amide bonds. The molecule has 0 bridgehead atoms. The number of carbonyl (C=O) groups excluding carboxylic acids is 2. The first-order valence-corrected chi connectivity index (χ1v) is 8.55. The highest BCUT2D eigenvalue weighted by Crippen LogP contribution is 2.20. The van der Waals surface area contributed by atoms with E-state index in [4.69, 9.17) is 5.73 Å². The molecule has 0 aromatic heterocycles. The van der Waals surface area contributed by atoms with Gasteiger partial charge >= 0.3 is 0 Å². The van der Waals surface area contributed by atoms with Crippen LogP contribution >= 0.6 is 0 Å². The molecule has 2 rings (SSSR count). The first-order chi connectivity index (χ1) is 11.5. The van der Waals surface area contributed by atoms with Crippen LogP contribution in [0.3, 0.4) is 0 Å². The Balaban J connectivity index is 1.89. The van der Waals surface area contributed by atoms with Gasteiger partial charge in [-0.15, -0.1) is 0 Å². The van der Waals surface area contributed by atoms with Gasteiger partial charge in [-0.05, 0) is 50.7 Å². The minimum Gasteiger partial charge on any atom is -0.369 e. The van der Waals surface area contributed by atoms with E-state index in [1.54, 1.807) is 0 Å². The maximum absolute atomic E-state index is 12.1. The Bertz CT molecular complexity index is 568. The fraction of sp³-hybridized carbons (Fsp3) is 0.556. The molecule has 6 heteroatoms. The largest absolute Gasteiger partial charge is 0.369 e. The van der Waals surface area contributed by atoms with Crippen LogP contribution in [0.2, 0.25) is 0 Å². The highest BCUT2D eigenvalue weighted by atomic mass is 16.2. The van der Waals surface area contributed by atoms with E-state index in [1.807, 2.05) is 32.2 Å². The van der Waals surface area contributed by atoms with Crippen molar-refractivity contribution in [2.24, 2.45) is 17.6 Å². The van der Waals surface area contributed by atoms with Crippen LogP contribution in [0.5, 0.6) is 0 Å². The third-order valence-electron chi connectivity index (χ3n) is 4.55. The van der Waals surface area contributed by atoms with Crippen molar-refractivity contribution in [3.63, 3.8) is 0 Å². The Labute approximate surface area is 143 Å². The molecule has 4 N–H and O–H groups in total. The van der Waals surface area contributed by atoms with Crippen LogP contribution in [-0.4, -0.2) is 43.4 Å². The predicted octanol–water partition coefficient (Wildman–Crippen LogP) is 1.18. The van der Waals surface area contributed by atoms with Gasteiger partial charge in [-0.25, -0.2) is 0 Å². The van der Waals surface area contributed by atoms with Crippen LogP contribution in [-0.2, 0) is 16.1 Å². The number of benzene rings is 1. The third-order valence-corrected chi connectivity index (χ3v) is 4.55. The van der Waals surface area contributed by atoms with E-state index in [0.717, 1.165) is 43.7 Å². The zero-order valence-corrected chi connectivity index (χ0v) is 14.5. The van der Waals surface area contributed by atoms with Crippen molar-refractivity contribution in [3.05, 3.63) is 29.8 Å². The zero-order valence-electron chi connectivity index (χ0n) is 14.5. The lowest BCUT2D eigenvalue weighted by Gasteiger charge is -2.30. The minimum absolute atomic E-state index is 0.0144. The Morgan fingerprint density at radius 2 is 2.04 bits per heavy atom. The summed E-state index contributed by atoms with van der Waals surface area (Å²) >= 11 is 0. The number of anilines is 1. The van der Waals surface area contributed by atoms with Crippen molar-refractivity contribution in [3.8, 4) is 0 Å². The number of nitrogens with one attached hydrogen (secondary N) is 2. The third kappa shape index (κ3) is 5.32. The van der Waals surface area contributed by atoms with Crippen molar-refractivity contribution in [2.45, 2.75) is 26.3 Å². The summed E-state index contributed by atoms with van der Waals surface area (Å²) in [7, 11) is 1.84. The standard InChI is InChI=1S/C18H28N4O2/c1-13(11-20-2)18(24)21-16-5-3-4-14(10-16)12-22-8-6-15(7-9-22)17(19)23/h3-5,10,13,15,20H,6-9,11-12H2,1-2H3,(H2,19,23)(H,21,24). The molecule has 24 heavy (non-hydrogen) atoms. The van der Waals surface area contributed by atoms with E-state index in [9.17, 15) is 9.59 Å². The molecule has 1 aliphatic rings. The minimum atomic E-state index is -0.185. The summed E-state index contributed by atoms with van der Waals surface area (Å²) in [6.07, 6.45) is 1.65. The lowest BCUT2D eigenvalue weighted by atomic mass is 9.96. The second-order valence-corrected chi connectivity index (χ2v) is 6.60. The number of hydrogen-bond acceptors (Lipinski definition) is 4. The van der Waals surface area contributed by atoms with Gasteiger partial charge in [-0.2, -0.15) is 0 Å². The fourth-order valence-corrected chi connectivity index (χ4v) is 3.05. The van der Waals surface area contributed by atoms with Gasteiger partial charge in [0.25, 0.3) is 0 Å². The summed E-state index contributed by atoms with van der Waals surface area (Å²) in [4.78, 5) is 25.6. The van der Waals surface area contributed by atoms with Crippen LogP contribution in [0, 0.1) is 11.8 Å². The number of carbonyl (C=O) groups is 2. The van der Waals surface area contributed by atoms with Gasteiger partial charge in [0.05, 0.1) is 0 Å². The number of primary amides is 1. The number of rotatable bonds is 7. The number of piperidine rings is 1. The van der Waals surface area contributed by atoms with Crippen molar-refractivity contribution < 1.29 is 9.59 Å². The average Bonchev–Trinajstić information content (AvgIpc) is 2.56. The predicted molar refractivity (Wildman–Crippen MR) is 95.4 cm³/mol. The van der Waals surface area contributed by atoms with Gasteiger partial charge in [0.2, 0.25) is 11.8 Å². The molecule has 6 nitrogen and oxygen atoms in total. The molecule has 1 aromatic carbocycles. The molecule has 0 radical (unpaired) electrons. The smallest absolute Gasteiger partial charge is 0.228 e. The highest BCUT2D eigenvalue weighted by molar-refractivity contribution is 5.92. The molecule has 0 saturated carbocycles. The van der Waals surface area contributed by atoms with Gasteiger partial charge in [0.1, 0.15) is 0 Å². The first kappa shape index (κ1) is 18.4. The zero-order chi connectivity index (χ0) is 17.5. The van der Waals surface area contributed by atoms with Crippen molar-refractivity contribution >= 4 is 17.5 Å². The molecule has 0 spiro atoms. The van der Waals surface area contributed by atoms with E-state index in [1.165, 1.54) is 0 Å². The van der Waals surface area contributed by atoms with Crippen LogP contribution < -0.4 is 16.4 Å². The van der Waals surface area contributed by atoms with Gasteiger partial charge in [-0.1, -0.05) is 19.1 Å². The quantitative estimate of drug-likeness (QED) is 0.700. The topological polar surface area (TPSA) is 87.5 Å². The summed E-state index contributed by atoms with van der Waals surface area (Å²) < 4.78 is 0. The second kappa shape index (κ2) is 8.80. The fourth-order valence-electron chi connectivity index (χ4n) is 3.05. The van der Waals surface area contributed by atoms with E-state index < -0.39 is 0 Å². The molecular weight excluding hydrogens is 304 g/mol. The summed E-state index contributed by atoms with van der Waals surface area (Å²) in [5.74, 6) is -0.231. The molecule has 1 unspecified atom stereocenters. The van der Waals surface area contributed by atoms with Crippen molar-refractivity contribution in [2.75, 3.05) is 32.0 Å². The Morgan fingerprint density at radius 3 is 2.67 bits per heavy atom. The Hall–Kier alpha value is -1.92. The molecule has 1 aromatic rings. The molecular formula is C18H28N4O2. The number of nitrogens with zero attached hydrogens (tertiary/aromatic N) is 1. The summed E-state index contributed by atoms with van der Waals surface area (Å²) in [6.45, 7) is 5.13. The number of likely N-dealkylation sites (tertiary alicyclic amines) is 1. The van der Waals surface area contributed by atoms with Crippen LogP contribution in [0.25, 0.3) is 0 Å². The Morgan fingerprint density at radius 1 is 1.33 bits per heavy atom.